The molecule has 1 unspecified atom stereocenters. The van der Waals surface area contributed by atoms with Crippen LogP contribution in [0.25, 0.3) is 0 Å². The van der Waals surface area contributed by atoms with E-state index in [0.29, 0.717) is 12.5 Å². The minimum absolute atomic E-state index is 0.348. The van der Waals surface area contributed by atoms with Crippen molar-refractivity contribution in [1.82, 2.24) is 4.90 Å². The molecule has 0 fully saturated rings. The molecule has 0 heterocycles. The van der Waals surface area contributed by atoms with Crippen molar-refractivity contribution in [3.8, 4) is 0 Å². The molecule has 0 spiro atoms. The van der Waals surface area contributed by atoms with Gasteiger partial charge in [-0.15, -0.1) is 0 Å². The minimum Gasteiger partial charge on any atom is -0.396 e. The van der Waals surface area contributed by atoms with Crippen LogP contribution < -0.4 is 0 Å². The Morgan fingerprint density at radius 2 is 1.67 bits per heavy atom. The summed E-state index contributed by atoms with van der Waals surface area (Å²) < 4.78 is 0. The summed E-state index contributed by atoms with van der Waals surface area (Å²) in [5.74, 6) is 0.698. The fourth-order valence-electron chi connectivity index (χ4n) is 1.91. The van der Waals surface area contributed by atoms with Crippen LogP contribution in [0.15, 0.2) is 0 Å². The lowest BCUT2D eigenvalue weighted by Gasteiger charge is -2.17. The van der Waals surface area contributed by atoms with Crippen molar-refractivity contribution in [2.75, 3.05) is 26.2 Å². The topological polar surface area (TPSA) is 23.5 Å². The maximum absolute atomic E-state index is 8.77. The second kappa shape index (κ2) is 10.4. The molecule has 1 atom stereocenters. The van der Waals surface area contributed by atoms with Crippen LogP contribution in [0.4, 0.5) is 0 Å². The average Bonchev–Trinajstić information content (AvgIpc) is 2.24. The third kappa shape index (κ3) is 8.88. The van der Waals surface area contributed by atoms with E-state index < -0.39 is 0 Å². The number of aliphatic hydroxyl groups excluding tert-OH is 1. The van der Waals surface area contributed by atoms with Gasteiger partial charge in [0.15, 0.2) is 0 Å². The number of unbranched alkanes of at least 4 members (excludes halogenated alkanes) is 2. The van der Waals surface area contributed by atoms with E-state index in [-0.39, 0.29) is 0 Å². The molecule has 0 saturated carbocycles. The monoisotopic (exact) mass is 215 g/mol. The van der Waals surface area contributed by atoms with Gasteiger partial charge < -0.3 is 10.0 Å². The Morgan fingerprint density at radius 1 is 1.00 bits per heavy atom. The van der Waals surface area contributed by atoms with E-state index in [4.69, 9.17) is 5.11 Å². The van der Waals surface area contributed by atoms with Gasteiger partial charge in [0.25, 0.3) is 0 Å². The van der Waals surface area contributed by atoms with Crippen molar-refractivity contribution < 1.29 is 5.11 Å². The highest BCUT2D eigenvalue weighted by atomic mass is 16.3. The van der Waals surface area contributed by atoms with Gasteiger partial charge in [0, 0.05) is 6.61 Å². The number of nitrogens with zero attached hydrogens (tertiary/aromatic N) is 1. The van der Waals surface area contributed by atoms with Gasteiger partial charge in [0.2, 0.25) is 0 Å². The first-order chi connectivity index (χ1) is 7.24. The molecule has 0 aromatic rings. The lowest BCUT2D eigenvalue weighted by Crippen LogP contribution is -2.23. The molecule has 0 aliphatic carbocycles. The molecule has 0 aliphatic rings. The van der Waals surface area contributed by atoms with Crippen molar-refractivity contribution in [2.45, 2.75) is 52.9 Å². The molecular weight excluding hydrogens is 186 g/mol. The molecule has 0 saturated heterocycles. The lowest BCUT2D eigenvalue weighted by molar-refractivity contribution is 0.254. The van der Waals surface area contributed by atoms with Crippen LogP contribution >= 0.6 is 0 Å². The highest BCUT2D eigenvalue weighted by molar-refractivity contribution is 4.56. The SMILES string of the molecule is CCN(CC)CCCCCC(C)CCO. The predicted molar refractivity (Wildman–Crippen MR) is 67.1 cm³/mol. The molecule has 0 aromatic carbocycles. The van der Waals surface area contributed by atoms with Gasteiger partial charge in [-0.3, -0.25) is 0 Å². The lowest BCUT2D eigenvalue weighted by atomic mass is 10.0. The average molecular weight is 215 g/mol. The summed E-state index contributed by atoms with van der Waals surface area (Å²) in [6, 6.07) is 0. The second-order valence-corrected chi connectivity index (χ2v) is 4.49. The van der Waals surface area contributed by atoms with E-state index in [1.807, 2.05) is 0 Å². The Labute approximate surface area is 95.7 Å². The number of hydrogen-bond acceptors (Lipinski definition) is 2. The van der Waals surface area contributed by atoms with Crippen molar-refractivity contribution in [3.05, 3.63) is 0 Å². The van der Waals surface area contributed by atoms with Gasteiger partial charge >= 0.3 is 0 Å². The van der Waals surface area contributed by atoms with E-state index in [2.05, 4.69) is 25.7 Å². The maximum atomic E-state index is 8.77. The molecule has 92 valence electrons. The van der Waals surface area contributed by atoms with Crippen LogP contribution in [-0.2, 0) is 0 Å². The van der Waals surface area contributed by atoms with E-state index in [1.54, 1.807) is 0 Å². The van der Waals surface area contributed by atoms with Crippen molar-refractivity contribution in [3.63, 3.8) is 0 Å². The summed E-state index contributed by atoms with van der Waals surface area (Å²) in [6.07, 6.45) is 6.23. The van der Waals surface area contributed by atoms with E-state index in [0.717, 1.165) is 6.42 Å². The summed E-state index contributed by atoms with van der Waals surface area (Å²) in [7, 11) is 0. The van der Waals surface area contributed by atoms with Crippen LogP contribution in [0.5, 0.6) is 0 Å². The van der Waals surface area contributed by atoms with Crippen LogP contribution in [-0.4, -0.2) is 36.2 Å². The maximum Gasteiger partial charge on any atom is 0.0433 e. The van der Waals surface area contributed by atoms with Crippen LogP contribution in [0.2, 0.25) is 0 Å². The van der Waals surface area contributed by atoms with E-state index in [9.17, 15) is 0 Å². The molecule has 0 aromatic heterocycles. The van der Waals surface area contributed by atoms with Crippen LogP contribution in [0.1, 0.15) is 52.9 Å². The highest BCUT2D eigenvalue weighted by Crippen LogP contribution is 2.12. The number of rotatable bonds is 10. The van der Waals surface area contributed by atoms with Gasteiger partial charge in [-0.05, 0) is 38.4 Å². The summed E-state index contributed by atoms with van der Waals surface area (Å²) in [6.45, 7) is 10.6. The van der Waals surface area contributed by atoms with Gasteiger partial charge in [0.1, 0.15) is 0 Å². The minimum atomic E-state index is 0.348. The quantitative estimate of drug-likeness (QED) is 0.566. The number of hydrogen-bond donors (Lipinski definition) is 1. The fourth-order valence-corrected chi connectivity index (χ4v) is 1.91. The third-order valence-corrected chi connectivity index (χ3v) is 3.19. The highest BCUT2D eigenvalue weighted by Gasteiger charge is 2.01. The third-order valence-electron chi connectivity index (χ3n) is 3.19. The van der Waals surface area contributed by atoms with Crippen molar-refractivity contribution in [1.29, 1.82) is 0 Å². The van der Waals surface area contributed by atoms with Crippen LogP contribution in [0, 0.1) is 5.92 Å². The Kier molecular flexibility index (Phi) is 10.4. The van der Waals surface area contributed by atoms with Gasteiger partial charge in [-0.25, -0.2) is 0 Å². The first kappa shape index (κ1) is 14.9. The summed E-state index contributed by atoms with van der Waals surface area (Å²) >= 11 is 0. The molecular formula is C13H29NO. The summed E-state index contributed by atoms with van der Waals surface area (Å²) in [5, 5.41) is 8.77. The summed E-state index contributed by atoms with van der Waals surface area (Å²) in [5.41, 5.74) is 0. The molecule has 2 nitrogen and oxygen atoms in total. The molecule has 0 aliphatic heterocycles. The van der Waals surface area contributed by atoms with Crippen molar-refractivity contribution in [2.24, 2.45) is 5.92 Å². The second-order valence-electron chi connectivity index (χ2n) is 4.49. The Hall–Kier alpha value is -0.0800. The first-order valence-corrected chi connectivity index (χ1v) is 6.57. The zero-order valence-corrected chi connectivity index (χ0v) is 10.8. The molecule has 1 N–H and O–H groups in total. The molecule has 2 heteroatoms. The van der Waals surface area contributed by atoms with Crippen molar-refractivity contribution >= 4 is 0 Å². The standard InChI is InChI=1S/C13H29NO/c1-4-14(5-2)11-8-6-7-9-13(3)10-12-15/h13,15H,4-12H2,1-3H3. The zero-order chi connectivity index (χ0) is 11.5. The van der Waals surface area contributed by atoms with E-state index in [1.165, 1.54) is 45.3 Å². The first-order valence-electron chi connectivity index (χ1n) is 6.57. The molecule has 0 amide bonds. The zero-order valence-electron chi connectivity index (χ0n) is 10.8. The summed E-state index contributed by atoms with van der Waals surface area (Å²) in [4.78, 5) is 2.48. The smallest absolute Gasteiger partial charge is 0.0433 e. The molecule has 0 bridgehead atoms. The Balaban J connectivity index is 3.23. The van der Waals surface area contributed by atoms with Crippen LogP contribution in [0.3, 0.4) is 0 Å². The molecule has 0 rings (SSSR count). The number of aliphatic hydroxyl groups is 1. The fraction of sp³-hybridized carbons (Fsp3) is 1.00. The van der Waals surface area contributed by atoms with Gasteiger partial charge in [-0.2, -0.15) is 0 Å². The normalized spacial score (nSPS) is 13.4. The Morgan fingerprint density at radius 3 is 2.20 bits per heavy atom. The predicted octanol–water partition coefficient (Wildman–Crippen LogP) is 2.91. The molecule has 0 radical (unpaired) electrons. The largest absolute Gasteiger partial charge is 0.396 e. The van der Waals surface area contributed by atoms with E-state index >= 15 is 0 Å². The Bertz CT molecular complexity index is 124. The van der Waals surface area contributed by atoms with Gasteiger partial charge in [-0.1, -0.05) is 40.0 Å². The van der Waals surface area contributed by atoms with Gasteiger partial charge in [0.05, 0.1) is 0 Å². The molecule has 15 heavy (non-hydrogen) atoms.